The molecule has 108 valence electrons. The largest absolute Gasteiger partial charge is 0.374 e. The monoisotopic (exact) mass is 264 g/mol. The van der Waals surface area contributed by atoms with E-state index in [9.17, 15) is 4.79 Å². The highest BCUT2D eigenvalue weighted by Gasteiger charge is 2.31. The molecular formula is C16H28N2O. The van der Waals surface area contributed by atoms with Crippen LogP contribution >= 0.6 is 0 Å². The van der Waals surface area contributed by atoms with E-state index in [0.717, 1.165) is 57.4 Å². The zero-order chi connectivity index (χ0) is 13.7. The first-order valence-corrected chi connectivity index (χ1v) is 8.04. The van der Waals surface area contributed by atoms with E-state index in [1.165, 1.54) is 25.0 Å². The molecule has 2 heterocycles. The Hall–Kier alpha value is -0.990. The Bertz CT molecular complexity index is 349. The van der Waals surface area contributed by atoms with Gasteiger partial charge in [0.15, 0.2) is 0 Å². The summed E-state index contributed by atoms with van der Waals surface area (Å²) in [4.78, 5) is 17.0. The molecule has 0 aromatic carbocycles. The Morgan fingerprint density at radius 3 is 2.32 bits per heavy atom. The van der Waals surface area contributed by atoms with Crippen molar-refractivity contribution < 1.29 is 4.79 Å². The summed E-state index contributed by atoms with van der Waals surface area (Å²) in [5.74, 6) is 0.326. The topological polar surface area (TPSA) is 23.6 Å². The van der Waals surface area contributed by atoms with Gasteiger partial charge in [-0.25, -0.2) is 0 Å². The smallest absolute Gasteiger partial charge is 0.251 e. The van der Waals surface area contributed by atoms with Crippen LogP contribution in [-0.2, 0) is 4.79 Å². The summed E-state index contributed by atoms with van der Waals surface area (Å²) < 4.78 is 0. The molecule has 0 unspecified atom stereocenters. The SMILES string of the molecule is CCCCN1CCC(=C2CCCN2CCCC)C1=O. The lowest BCUT2D eigenvalue weighted by atomic mass is 10.1. The number of amides is 1. The number of rotatable bonds is 6. The van der Waals surface area contributed by atoms with E-state index in [1.54, 1.807) is 0 Å². The number of hydrogen-bond acceptors (Lipinski definition) is 2. The highest BCUT2D eigenvalue weighted by Crippen LogP contribution is 2.30. The summed E-state index contributed by atoms with van der Waals surface area (Å²) in [5.41, 5.74) is 2.50. The van der Waals surface area contributed by atoms with E-state index in [2.05, 4.69) is 23.6 Å². The van der Waals surface area contributed by atoms with Crippen LogP contribution in [-0.4, -0.2) is 41.9 Å². The molecule has 0 spiro atoms. The molecule has 1 amide bonds. The van der Waals surface area contributed by atoms with Gasteiger partial charge in [-0.3, -0.25) is 4.79 Å². The van der Waals surface area contributed by atoms with Crippen molar-refractivity contribution in [3.8, 4) is 0 Å². The predicted octanol–water partition coefficient (Wildman–Crippen LogP) is 3.17. The molecule has 0 aromatic heterocycles. The summed E-state index contributed by atoms with van der Waals surface area (Å²) >= 11 is 0. The lowest BCUT2D eigenvalue weighted by Gasteiger charge is -2.21. The van der Waals surface area contributed by atoms with Gasteiger partial charge in [-0.1, -0.05) is 26.7 Å². The van der Waals surface area contributed by atoms with E-state index in [0.29, 0.717) is 5.91 Å². The van der Waals surface area contributed by atoms with Gasteiger partial charge >= 0.3 is 0 Å². The van der Waals surface area contributed by atoms with E-state index in [-0.39, 0.29) is 0 Å². The molecule has 0 radical (unpaired) electrons. The number of allylic oxidation sites excluding steroid dienone is 1. The highest BCUT2D eigenvalue weighted by molar-refractivity contribution is 5.96. The van der Waals surface area contributed by atoms with Crippen LogP contribution in [0.25, 0.3) is 0 Å². The second-order valence-corrected chi connectivity index (χ2v) is 5.77. The minimum absolute atomic E-state index is 0.326. The second kappa shape index (κ2) is 6.97. The van der Waals surface area contributed by atoms with Crippen LogP contribution < -0.4 is 0 Å². The van der Waals surface area contributed by atoms with Crippen molar-refractivity contribution >= 4 is 5.91 Å². The van der Waals surface area contributed by atoms with Crippen molar-refractivity contribution in [2.75, 3.05) is 26.2 Å². The number of carbonyl (C=O) groups excluding carboxylic acids is 1. The molecule has 0 saturated carbocycles. The quantitative estimate of drug-likeness (QED) is 0.688. The molecule has 2 aliphatic rings. The Labute approximate surface area is 117 Å². The molecule has 2 fully saturated rings. The summed E-state index contributed by atoms with van der Waals surface area (Å²) in [6.07, 6.45) is 8.09. The average molecular weight is 264 g/mol. The normalized spacial score (nSPS) is 23.8. The predicted molar refractivity (Wildman–Crippen MR) is 78.8 cm³/mol. The Balaban J connectivity index is 2.03. The fraction of sp³-hybridized carbons (Fsp3) is 0.812. The number of unbranched alkanes of at least 4 members (excludes halogenated alkanes) is 2. The standard InChI is InChI=1S/C16H28N2O/c1-3-5-10-17-12-7-8-15(17)14-9-13-18(16(14)19)11-6-4-2/h3-13H2,1-2H3. The van der Waals surface area contributed by atoms with Crippen molar-refractivity contribution in [2.45, 2.75) is 58.8 Å². The fourth-order valence-electron chi connectivity index (χ4n) is 3.14. The molecule has 2 saturated heterocycles. The fourth-order valence-corrected chi connectivity index (χ4v) is 3.14. The zero-order valence-corrected chi connectivity index (χ0v) is 12.6. The average Bonchev–Trinajstić information content (AvgIpc) is 3.00. The molecule has 0 aliphatic carbocycles. The summed E-state index contributed by atoms with van der Waals surface area (Å²) in [5, 5.41) is 0. The molecule has 0 atom stereocenters. The first-order chi connectivity index (χ1) is 9.27. The first kappa shape index (κ1) is 14.4. The molecule has 0 N–H and O–H groups in total. The molecule has 0 bridgehead atoms. The van der Waals surface area contributed by atoms with E-state index < -0.39 is 0 Å². The van der Waals surface area contributed by atoms with Gasteiger partial charge in [0.25, 0.3) is 5.91 Å². The van der Waals surface area contributed by atoms with Gasteiger partial charge in [0.05, 0.1) is 0 Å². The third-order valence-corrected chi connectivity index (χ3v) is 4.31. The van der Waals surface area contributed by atoms with Gasteiger partial charge < -0.3 is 9.80 Å². The van der Waals surface area contributed by atoms with Crippen molar-refractivity contribution in [2.24, 2.45) is 0 Å². The minimum atomic E-state index is 0.326. The molecule has 2 rings (SSSR count). The third-order valence-electron chi connectivity index (χ3n) is 4.31. The lowest BCUT2D eigenvalue weighted by molar-refractivity contribution is -0.124. The zero-order valence-electron chi connectivity index (χ0n) is 12.6. The van der Waals surface area contributed by atoms with Gasteiger partial charge in [-0.2, -0.15) is 0 Å². The van der Waals surface area contributed by atoms with Gasteiger partial charge in [0.2, 0.25) is 0 Å². The van der Waals surface area contributed by atoms with Crippen LogP contribution in [0.1, 0.15) is 58.8 Å². The maximum absolute atomic E-state index is 12.5. The van der Waals surface area contributed by atoms with E-state index >= 15 is 0 Å². The summed E-state index contributed by atoms with van der Waals surface area (Å²) in [6.45, 7) is 8.60. The van der Waals surface area contributed by atoms with Gasteiger partial charge in [-0.05, 0) is 32.1 Å². The minimum Gasteiger partial charge on any atom is -0.374 e. The third kappa shape index (κ3) is 3.31. The van der Waals surface area contributed by atoms with Gasteiger partial charge in [-0.15, -0.1) is 0 Å². The van der Waals surface area contributed by atoms with Crippen LogP contribution in [0.3, 0.4) is 0 Å². The van der Waals surface area contributed by atoms with Crippen LogP contribution in [0.2, 0.25) is 0 Å². The molecule has 3 nitrogen and oxygen atoms in total. The maximum Gasteiger partial charge on any atom is 0.251 e. The molecule has 19 heavy (non-hydrogen) atoms. The van der Waals surface area contributed by atoms with Gasteiger partial charge in [0.1, 0.15) is 0 Å². The number of carbonyl (C=O) groups is 1. The number of nitrogens with zero attached hydrogens (tertiary/aromatic N) is 2. The first-order valence-electron chi connectivity index (χ1n) is 8.04. The van der Waals surface area contributed by atoms with E-state index in [1.807, 2.05) is 0 Å². The van der Waals surface area contributed by atoms with Gasteiger partial charge in [0, 0.05) is 37.4 Å². The van der Waals surface area contributed by atoms with Crippen LogP contribution in [0.4, 0.5) is 0 Å². The van der Waals surface area contributed by atoms with Crippen molar-refractivity contribution in [1.29, 1.82) is 0 Å². The second-order valence-electron chi connectivity index (χ2n) is 5.77. The molecule has 2 aliphatic heterocycles. The molecule has 0 aromatic rings. The van der Waals surface area contributed by atoms with Crippen molar-refractivity contribution in [1.82, 2.24) is 9.80 Å². The number of likely N-dealkylation sites (tertiary alicyclic amines) is 2. The Morgan fingerprint density at radius 2 is 1.63 bits per heavy atom. The number of hydrogen-bond donors (Lipinski definition) is 0. The summed E-state index contributed by atoms with van der Waals surface area (Å²) in [6, 6.07) is 0. The van der Waals surface area contributed by atoms with Crippen molar-refractivity contribution in [3.63, 3.8) is 0 Å². The molecular weight excluding hydrogens is 236 g/mol. The molecule has 3 heteroatoms. The van der Waals surface area contributed by atoms with Crippen LogP contribution in [0.15, 0.2) is 11.3 Å². The highest BCUT2D eigenvalue weighted by atomic mass is 16.2. The van der Waals surface area contributed by atoms with Crippen molar-refractivity contribution in [3.05, 3.63) is 11.3 Å². The lowest BCUT2D eigenvalue weighted by Crippen LogP contribution is -2.27. The van der Waals surface area contributed by atoms with Crippen LogP contribution in [0, 0.1) is 0 Å². The maximum atomic E-state index is 12.5. The Morgan fingerprint density at radius 1 is 0.947 bits per heavy atom. The summed E-state index contributed by atoms with van der Waals surface area (Å²) in [7, 11) is 0. The van der Waals surface area contributed by atoms with E-state index in [4.69, 9.17) is 0 Å². The van der Waals surface area contributed by atoms with Crippen LogP contribution in [0.5, 0.6) is 0 Å². The Kier molecular flexibility index (Phi) is 5.29.